The molecule has 0 aliphatic rings. The molecule has 2 rings (SSSR count). The normalized spacial score (nSPS) is 10.6. The van der Waals surface area contributed by atoms with E-state index in [1.807, 2.05) is 12.1 Å². The second kappa shape index (κ2) is 5.23. The average molecular weight is 292 g/mol. The van der Waals surface area contributed by atoms with Crippen LogP contribution < -0.4 is 5.73 Å². The third-order valence-electron chi connectivity index (χ3n) is 1.74. The minimum absolute atomic E-state index is 0.490. The van der Waals surface area contributed by atoms with Crippen molar-refractivity contribution in [3.8, 4) is 0 Å². The van der Waals surface area contributed by atoms with Gasteiger partial charge < -0.3 is 5.73 Å². The van der Waals surface area contributed by atoms with E-state index in [9.17, 15) is 0 Å². The maximum atomic E-state index is 5.91. The Balaban J connectivity index is 2.02. The van der Waals surface area contributed by atoms with Crippen molar-refractivity contribution in [3.63, 3.8) is 0 Å². The van der Waals surface area contributed by atoms with Gasteiger partial charge in [0.25, 0.3) is 0 Å². The predicted octanol–water partition coefficient (Wildman–Crippen LogP) is 3.72. The zero-order valence-electron chi connectivity index (χ0n) is 7.98. The van der Waals surface area contributed by atoms with Crippen LogP contribution in [-0.2, 0) is 5.75 Å². The Labute approximate surface area is 111 Å². The van der Waals surface area contributed by atoms with Crippen LogP contribution in [0.2, 0.25) is 10.0 Å². The zero-order valence-corrected chi connectivity index (χ0v) is 11.1. The fraction of sp³-hybridized carbons (Fsp3) is 0.111. The van der Waals surface area contributed by atoms with Crippen molar-refractivity contribution in [3.05, 3.63) is 33.3 Å². The molecule has 84 valence electrons. The van der Waals surface area contributed by atoms with Crippen LogP contribution >= 0.6 is 46.3 Å². The Bertz CT molecular complexity index is 501. The summed E-state index contributed by atoms with van der Waals surface area (Å²) >= 11 is 14.7. The van der Waals surface area contributed by atoms with Crippen molar-refractivity contribution < 1.29 is 0 Å². The van der Waals surface area contributed by atoms with Gasteiger partial charge in [0.05, 0.1) is 15.8 Å². The molecule has 2 N–H and O–H groups in total. The minimum Gasteiger partial charge on any atom is -0.374 e. The quantitative estimate of drug-likeness (QED) is 0.876. The molecular formula is C9H7Cl2N3S2. The van der Waals surface area contributed by atoms with Gasteiger partial charge in [-0.05, 0) is 18.2 Å². The van der Waals surface area contributed by atoms with E-state index in [1.165, 1.54) is 11.3 Å². The molecule has 0 bridgehead atoms. The van der Waals surface area contributed by atoms with Gasteiger partial charge in [0.15, 0.2) is 0 Å². The number of anilines is 1. The molecule has 0 saturated heterocycles. The number of nitrogens with two attached hydrogens (primary N) is 1. The van der Waals surface area contributed by atoms with E-state index >= 15 is 0 Å². The standard InChI is InChI=1S/C9H7Cl2N3S2/c10-6-2-1-5(3-7(6)11)15-4-8-13-14-9(12)16-8/h1-3H,4H2,(H2,12,14). The molecule has 0 amide bonds. The summed E-state index contributed by atoms with van der Waals surface area (Å²) in [6.07, 6.45) is 0. The van der Waals surface area contributed by atoms with Gasteiger partial charge in [0, 0.05) is 4.90 Å². The molecule has 16 heavy (non-hydrogen) atoms. The molecule has 0 spiro atoms. The molecule has 1 heterocycles. The summed E-state index contributed by atoms with van der Waals surface area (Å²) in [7, 11) is 0. The fourth-order valence-electron chi connectivity index (χ4n) is 1.04. The number of hydrogen-bond acceptors (Lipinski definition) is 5. The number of benzene rings is 1. The number of thioether (sulfide) groups is 1. The molecule has 0 atom stereocenters. The van der Waals surface area contributed by atoms with Gasteiger partial charge in [-0.15, -0.1) is 22.0 Å². The van der Waals surface area contributed by atoms with E-state index in [1.54, 1.807) is 17.8 Å². The van der Waals surface area contributed by atoms with E-state index < -0.39 is 0 Å². The molecule has 0 unspecified atom stereocenters. The van der Waals surface area contributed by atoms with Gasteiger partial charge >= 0.3 is 0 Å². The van der Waals surface area contributed by atoms with E-state index in [4.69, 9.17) is 28.9 Å². The summed E-state index contributed by atoms with van der Waals surface area (Å²) in [6, 6.07) is 5.53. The Kier molecular flexibility index (Phi) is 3.91. The van der Waals surface area contributed by atoms with Crippen molar-refractivity contribution in [1.82, 2.24) is 10.2 Å². The number of hydrogen-bond donors (Lipinski definition) is 1. The van der Waals surface area contributed by atoms with Gasteiger partial charge in [0.2, 0.25) is 5.13 Å². The summed E-state index contributed by atoms with van der Waals surface area (Å²) in [6.45, 7) is 0. The molecule has 0 fully saturated rings. The lowest BCUT2D eigenvalue weighted by Crippen LogP contribution is -1.81. The monoisotopic (exact) mass is 291 g/mol. The number of aromatic nitrogens is 2. The summed E-state index contributed by atoms with van der Waals surface area (Å²) < 4.78 is 0. The lowest BCUT2D eigenvalue weighted by Gasteiger charge is -2.00. The molecule has 0 aliphatic carbocycles. The SMILES string of the molecule is Nc1nnc(CSc2ccc(Cl)c(Cl)c2)s1. The van der Waals surface area contributed by atoms with Gasteiger partial charge in [-0.25, -0.2) is 0 Å². The van der Waals surface area contributed by atoms with Crippen LogP contribution in [-0.4, -0.2) is 10.2 Å². The molecule has 3 nitrogen and oxygen atoms in total. The van der Waals surface area contributed by atoms with Crippen molar-refractivity contribution >= 4 is 51.4 Å². The molecule has 2 aromatic rings. The van der Waals surface area contributed by atoms with Crippen molar-refractivity contribution in [2.24, 2.45) is 0 Å². The first-order valence-corrected chi connectivity index (χ1v) is 6.86. The number of halogens is 2. The zero-order chi connectivity index (χ0) is 11.5. The smallest absolute Gasteiger partial charge is 0.203 e. The van der Waals surface area contributed by atoms with Crippen LogP contribution in [0.15, 0.2) is 23.1 Å². The molecule has 0 aliphatic heterocycles. The Morgan fingerprint density at radius 3 is 2.69 bits per heavy atom. The molecule has 1 aromatic heterocycles. The Hall–Kier alpha value is -0.490. The van der Waals surface area contributed by atoms with Crippen LogP contribution in [0.4, 0.5) is 5.13 Å². The number of nitrogen functional groups attached to an aromatic ring is 1. The van der Waals surface area contributed by atoms with E-state index in [0.717, 1.165) is 15.7 Å². The summed E-state index contributed by atoms with van der Waals surface area (Å²) in [5, 5.41) is 10.2. The van der Waals surface area contributed by atoms with Crippen molar-refractivity contribution in [1.29, 1.82) is 0 Å². The van der Waals surface area contributed by atoms with Crippen LogP contribution in [0.25, 0.3) is 0 Å². The van der Waals surface area contributed by atoms with Crippen molar-refractivity contribution in [2.45, 2.75) is 10.6 Å². The topological polar surface area (TPSA) is 51.8 Å². The largest absolute Gasteiger partial charge is 0.374 e. The van der Waals surface area contributed by atoms with Gasteiger partial charge in [-0.2, -0.15) is 0 Å². The molecule has 7 heteroatoms. The third-order valence-corrected chi connectivity index (χ3v) is 4.42. The molecule has 1 aromatic carbocycles. The average Bonchev–Trinajstić information content (AvgIpc) is 2.66. The first-order valence-electron chi connectivity index (χ1n) is 4.31. The summed E-state index contributed by atoms with van der Waals surface area (Å²) in [5.74, 6) is 0.729. The number of rotatable bonds is 3. The fourth-order valence-corrected chi connectivity index (χ4v) is 2.93. The van der Waals surface area contributed by atoms with Crippen LogP contribution in [0.1, 0.15) is 5.01 Å². The Morgan fingerprint density at radius 1 is 1.25 bits per heavy atom. The lowest BCUT2D eigenvalue weighted by atomic mass is 10.4. The maximum absolute atomic E-state index is 5.91. The minimum atomic E-state index is 0.490. The van der Waals surface area contributed by atoms with Crippen molar-refractivity contribution in [2.75, 3.05) is 5.73 Å². The van der Waals surface area contributed by atoms with E-state index in [2.05, 4.69) is 10.2 Å². The highest BCUT2D eigenvalue weighted by Crippen LogP contribution is 2.30. The highest BCUT2D eigenvalue weighted by Gasteiger charge is 2.04. The molecular weight excluding hydrogens is 285 g/mol. The highest BCUT2D eigenvalue weighted by atomic mass is 35.5. The second-order valence-electron chi connectivity index (χ2n) is 2.90. The summed E-state index contributed by atoms with van der Waals surface area (Å²) in [4.78, 5) is 1.04. The van der Waals surface area contributed by atoms with Crippen LogP contribution in [0, 0.1) is 0 Å². The predicted molar refractivity (Wildman–Crippen MR) is 70.3 cm³/mol. The van der Waals surface area contributed by atoms with E-state index in [0.29, 0.717) is 15.2 Å². The van der Waals surface area contributed by atoms with Crippen LogP contribution in [0.3, 0.4) is 0 Å². The van der Waals surface area contributed by atoms with Gasteiger partial charge in [0.1, 0.15) is 5.01 Å². The van der Waals surface area contributed by atoms with Gasteiger partial charge in [-0.1, -0.05) is 34.5 Å². The molecule has 0 saturated carbocycles. The molecule has 0 radical (unpaired) electrons. The first-order chi connectivity index (χ1) is 7.65. The second-order valence-corrected chi connectivity index (χ2v) is 5.86. The Morgan fingerprint density at radius 2 is 2.06 bits per heavy atom. The first kappa shape index (κ1) is 12.0. The summed E-state index contributed by atoms with van der Waals surface area (Å²) in [5.41, 5.74) is 5.49. The third kappa shape index (κ3) is 3.01. The maximum Gasteiger partial charge on any atom is 0.203 e. The highest BCUT2D eigenvalue weighted by molar-refractivity contribution is 7.98. The van der Waals surface area contributed by atoms with Gasteiger partial charge in [-0.3, -0.25) is 0 Å². The van der Waals surface area contributed by atoms with E-state index in [-0.39, 0.29) is 0 Å². The number of nitrogens with zero attached hydrogens (tertiary/aromatic N) is 2. The van der Waals surface area contributed by atoms with Crippen LogP contribution in [0.5, 0.6) is 0 Å². The lowest BCUT2D eigenvalue weighted by molar-refractivity contribution is 1.05.